The second kappa shape index (κ2) is 9.75. The predicted octanol–water partition coefficient (Wildman–Crippen LogP) is 5.25. The Kier molecular flexibility index (Phi) is 6.61. The molecule has 2 N–H and O–H groups in total. The SMILES string of the molecule is Cc1cccc(-c2n[nH]c(=S)n2CC(=O)NC(C)C(c2ccccc2)c2ccccc2)c1. The number of amides is 1. The third-order valence-corrected chi connectivity index (χ3v) is 5.85. The van der Waals surface area contributed by atoms with Gasteiger partial charge in [0.2, 0.25) is 5.91 Å². The van der Waals surface area contributed by atoms with Crippen LogP contribution in [0.4, 0.5) is 0 Å². The third-order valence-electron chi connectivity index (χ3n) is 5.54. The molecule has 1 aromatic heterocycles. The van der Waals surface area contributed by atoms with Crippen molar-refractivity contribution in [1.82, 2.24) is 20.1 Å². The summed E-state index contributed by atoms with van der Waals surface area (Å²) >= 11 is 5.41. The summed E-state index contributed by atoms with van der Waals surface area (Å²) in [5.41, 5.74) is 4.36. The van der Waals surface area contributed by atoms with Gasteiger partial charge < -0.3 is 5.32 Å². The minimum Gasteiger partial charge on any atom is -0.351 e. The molecule has 4 rings (SSSR count). The van der Waals surface area contributed by atoms with E-state index in [0.717, 1.165) is 22.3 Å². The molecule has 0 radical (unpaired) electrons. The summed E-state index contributed by atoms with van der Waals surface area (Å²) in [6.45, 7) is 4.16. The highest BCUT2D eigenvalue weighted by Gasteiger charge is 2.23. The Morgan fingerprint density at radius 2 is 1.62 bits per heavy atom. The number of nitrogens with zero attached hydrogens (tertiary/aromatic N) is 2. The Bertz CT molecular complexity index is 1210. The second-order valence-electron chi connectivity index (χ2n) is 7.96. The fourth-order valence-electron chi connectivity index (χ4n) is 4.09. The molecule has 5 nitrogen and oxygen atoms in total. The Morgan fingerprint density at radius 3 is 2.22 bits per heavy atom. The topological polar surface area (TPSA) is 62.7 Å². The molecule has 0 saturated heterocycles. The van der Waals surface area contributed by atoms with Crippen LogP contribution in [0.15, 0.2) is 84.9 Å². The molecule has 32 heavy (non-hydrogen) atoms. The van der Waals surface area contributed by atoms with Crippen molar-refractivity contribution in [3.63, 3.8) is 0 Å². The summed E-state index contributed by atoms with van der Waals surface area (Å²) in [6.07, 6.45) is 0. The molecular weight excluding hydrogens is 416 g/mol. The molecule has 1 atom stereocenters. The van der Waals surface area contributed by atoms with Gasteiger partial charge in [-0.1, -0.05) is 84.4 Å². The lowest BCUT2D eigenvalue weighted by Crippen LogP contribution is -2.39. The van der Waals surface area contributed by atoms with Gasteiger partial charge in [-0.3, -0.25) is 14.5 Å². The maximum absolute atomic E-state index is 13.1. The lowest BCUT2D eigenvalue weighted by molar-refractivity contribution is -0.122. The first-order valence-electron chi connectivity index (χ1n) is 10.6. The maximum Gasteiger partial charge on any atom is 0.240 e. The van der Waals surface area contributed by atoms with Crippen molar-refractivity contribution in [2.24, 2.45) is 0 Å². The van der Waals surface area contributed by atoms with E-state index in [1.807, 2.05) is 74.5 Å². The van der Waals surface area contributed by atoms with Crippen LogP contribution < -0.4 is 5.32 Å². The van der Waals surface area contributed by atoms with Crippen molar-refractivity contribution in [2.45, 2.75) is 32.4 Å². The Hall–Kier alpha value is -3.51. The van der Waals surface area contributed by atoms with Crippen LogP contribution in [-0.2, 0) is 11.3 Å². The summed E-state index contributed by atoms with van der Waals surface area (Å²) in [4.78, 5) is 13.1. The number of H-pyrrole nitrogens is 1. The van der Waals surface area contributed by atoms with Crippen LogP contribution in [0.3, 0.4) is 0 Å². The van der Waals surface area contributed by atoms with Crippen LogP contribution in [0.25, 0.3) is 11.4 Å². The van der Waals surface area contributed by atoms with E-state index in [2.05, 4.69) is 39.8 Å². The average Bonchev–Trinajstić information content (AvgIpc) is 3.15. The molecular formula is C26H26N4OS. The summed E-state index contributed by atoms with van der Waals surface area (Å²) in [7, 11) is 0. The van der Waals surface area contributed by atoms with Gasteiger partial charge in [0.05, 0.1) is 0 Å². The number of hydrogen-bond acceptors (Lipinski definition) is 3. The zero-order valence-electron chi connectivity index (χ0n) is 18.2. The van der Waals surface area contributed by atoms with Gasteiger partial charge in [0.15, 0.2) is 10.6 Å². The van der Waals surface area contributed by atoms with E-state index in [9.17, 15) is 4.79 Å². The van der Waals surface area contributed by atoms with Crippen LogP contribution in [0.2, 0.25) is 0 Å². The zero-order chi connectivity index (χ0) is 22.5. The summed E-state index contributed by atoms with van der Waals surface area (Å²) in [5.74, 6) is 0.583. The van der Waals surface area contributed by atoms with Crippen LogP contribution in [0.1, 0.15) is 29.5 Å². The second-order valence-corrected chi connectivity index (χ2v) is 8.35. The summed E-state index contributed by atoms with van der Waals surface area (Å²) < 4.78 is 2.17. The van der Waals surface area contributed by atoms with Gasteiger partial charge in [-0.05, 0) is 43.3 Å². The molecule has 1 amide bonds. The first-order chi connectivity index (χ1) is 15.5. The molecule has 0 saturated carbocycles. The number of hydrogen-bond donors (Lipinski definition) is 2. The van der Waals surface area contributed by atoms with Crippen molar-refractivity contribution in [2.75, 3.05) is 0 Å². The number of carbonyl (C=O) groups excluding carboxylic acids is 1. The van der Waals surface area contributed by atoms with Gasteiger partial charge >= 0.3 is 0 Å². The number of aromatic amines is 1. The van der Waals surface area contributed by atoms with E-state index < -0.39 is 0 Å². The van der Waals surface area contributed by atoms with Gasteiger partial charge in [-0.2, -0.15) is 5.10 Å². The lowest BCUT2D eigenvalue weighted by Gasteiger charge is -2.26. The van der Waals surface area contributed by atoms with E-state index in [0.29, 0.717) is 10.6 Å². The minimum absolute atomic E-state index is 0.0370. The smallest absolute Gasteiger partial charge is 0.240 e. The highest BCUT2D eigenvalue weighted by Crippen LogP contribution is 2.28. The molecule has 0 aliphatic heterocycles. The van der Waals surface area contributed by atoms with E-state index in [-0.39, 0.29) is 24.4 Å². The largest absolute Gasteiger partial charge is 0.351 e. The zero-order valence-corrected chi connectivity index (χ0v) is 19.0. The lowest BCUT2D eigenvalue weighted by atomic mass is 9.86. The Morgan fingerprint density at radius 1 is 1.00 bits per heavy atom. The molecule has 3 aromatic carbocycles. The molecule has 0 spiro atoms. The van der Waals surface area contributed by atoms with Crippen LogP contribution in [0, 0.1) is 11.7 Å². The molecule has 1 heterocycles. The Balaban J connectivity index is 1.56. The van der Waals surface area contributed by atoms with Crippen LogP contribution in [-0.4, -0.2) is 26.7 Å². The molecule has 6 heteroatoms. The third kappa shape index (κ3) is 4.86. The first kappa shape index (κ1) is 21.7. The van der Waals surface area contributed by atoms with Gasteiger partial charge in [-0.15, -0.1) is 0 Å². The molecule has 0 bridgehead atoms. The van der Waals surface area contributed by atoms with Gasteiger partial charge in [-0.25, -0.2) is 0 Å². The monoisotopic (exact) mass is 442 g/mol. The number of aryl methyl sites for hydroxylation is 1. The molecule has 0 aliphatic carbocycles. The molecule has 1 unspecified atom stereocenters. The van der Waals surface area contributed by atoms with Gasteiger partial charge in [0.25, 0.3) is 0 Å². The molecule has 162 valence electrons. The number of rotatable bonds is 7. The van der Waals surface area contributed by atoms with E-state index in [1.54, 1.807) is 4.57 Å². The average molecular weight is 443 g/mol. The van der Waals surface area contributed by atoms with E-state index in [4.69, 9.17) is 12.2 Å². The van der Waals surface area contributed by atoms with Crippen molar-refractivity contribution in [1.29, 1.82) is 0 Å². The predicted molar refractivity (Wildman–Crippen MR) is 130 cm³/mol. The normalized spacial score (nSPS) is 12.0. The summed E-state index contributed by atoms with van der Waals surface area (Å²) in [5, 5.41) is 10.4. The highest BCUT2D eigenvalue weighted by atomic mass is 32.1. The van der Waals surface area contributed by atoms with Crippen molar-refractivity contribution < 1.29 is 4.79 Å². The quantitative estimate of drug-likeness (QED) is 0.384. The van der Waals surface area contributed by atoms with Crippen molar-refractivity contribution in [3.05, 3.63) is 106 Å². The van der Waals surface area contributed by atoms with Gasteiger partial charge in [0, 0.05) is 17.5 Å². The standard InChI is InChI=1S/C26H26N4OS/c1-18-10-9-15-22(16-18)25-28-29-26(32)30(25)17-23(31)27-19(2)24(20-11-5-3-6-12-20)21-13-7-4-8-14-21/h3-16,19,24H,17H2,1-2H3,(H,27,31)(H,29,32). The van der Waals surface area contributed by atoms with E-state index >= 15 is 0 Å². The fourth-order valence-corrected chi connectivity index (χ4v) is 4.28. The number of aromatic nitrogens is 3. The Labute approximate surface area is 193 Å². The van der Waals surface area contributed by atoms with Crippen LogP contribution in [0.5, 0.6) is 0 Å². The minimum atomic E-state index is -0.115. The fraction of sp³-hybridized carbons (Fsp3) is 0.192. The highest BCUT2D eigenvalue weighted by molar-refractivity contribution is 7.71. The van der Waals surface area contributed by atoms with E-state index in [1.165, 1.54) is 0 Å². The molecule has 0 aliphatic rings. The molecule has 4 aromatic rings. The first-order valence-corrected chi connectivity index (χ1v) is 11.1. The number of nitrogens with one attached hydrogen (secondary N) is 2. The summed E-state index contributed by atoms with van der Waals surface area (Å²) in [6, 6.07) is 28.4. The molecule has 0 fully saturated rings. The van der Waals surface area contributed by atoms with Crippen LogP contribution >= 0.6 is 12.2 Å². The van der Waals surface area contributed by atoms with Crippen molar-refractivity contribution in [3.8, 4) is 11.4 Å². The number of benzene rings is 3. The number of carbonyl (C=O) groups is 1. The van der Waals surface area contributed by atoms with Crippen molar-refractivity contribution >= 4 is 18.1 Å². The maximum atomic E-state index is 13.1. The van der Waals surface area contributed by atoms with Gasteiger partial charge in [0.1, 0.15) is 6.54 Å².